The molecule has 0 radical (unpaired) electrons. The van der Waals surface area contributed by atoms with E-state index in [0.29, 0.717) is 13.0 Å². The number of ether oxygens (including phenoxy) is 3. The van der Waals surface area contributed by atoms with E-state index >= 15 is 0 Å². The Labute approximate surface area is 203 Å². The first-order valence-electron chi connectivity index (χ1n) is 12.1. The third-order valence-corrected chi connectivity index (χ3v) is 8.24. The maximum atomic E-state index is 12.9. The van der Waals surface area contributed by atoms with Crippen molar-refractivity contribution in [3.05, 3.63) is 35.5 Å². The number of nitrogens with one attached hydrogen (secondary N) is 1. The van der Waals surface area contributed by atoms with Gasteiger partial charge in [-0.1, -0.05) is 18.2 Å². The summed E-state index contributed by atoms with van der Waals surface area (Å²) in [6.45, 7) is 4.05. The van der Waals surface area contributed by atoms with E-state index in [1.807, 2.05) is 12.1 Å². The Hall–Kier alpha value is -2.75. The number of rotatable bonds is 4. The fraction of sp³-hybridized carbons (Fsp3) is 0.577. The van der Waals surface area contributed by atoms with E-state index in [-0.39, 0.29) is 17.9 Å². The van der Waals surface area contributed by atoms with Crippen molar-refractivity contribution < 1.29 is 33.7 Å². The number of carbonyl (C=O) groups is 3. The average molecular weight is 485 g/mol. The van der Waals surface area contributed by atoms with Crippen molar-refractivity contribution in [2.45, 2.75) is 44.6 Å². The van der Waals surface area contributed by atoms with Gasteiger partial charge >= 0.3 is 11.9 Å². The van der Waals surface area contributed by atoms with Gasteiger partial charge in [0.1, 0.15) is 17.6 Å². The quantitative estimate of drug-likeness (QED) is 0.500. The largest absolute Gasteiger partial charge is 0.469 e. The molecule has 0 bridgehead atoms. The van der Waals surface area contributed by atoms with Crippen LogP contribution in [0.5, 0.6) is 0 Å². The number of fused-ring (bicyclic) bond motifs is 6. The van der Waals surface area contributed by atoms with Crippen molar-refractivity contribution >= 4 is 28.6 Å². The molecule has 1 aromatic heterocycles. The molecular weight excluding hydrogens is 452 g/mol. The van der Waals surface area contributed by atoms with E-state index in [0.717, 1.165) is 24.2 Å². The third-order valence-electron chi connectivity index (χ3n) is 8.24. The van der Waals surface area contributed by atoms with Crippen LogP contribution in [0.15, 0.2) is 24.3 Å². The summed E-state index contributed by atoms with van der Waals surface area (Å²) in [5, 5.41) is 12.5. The van der Waals surface area contributed by atoms with Crippen molar-refractivity contribution in [2.75, 3.05) is 27.3 Å². The molecule has 2 fully saturated rings. The molecule has 0 saturated carbocycles. The van der Waals surface area contributed by atoms with Crippen molar-refractivity contribution in [2.24, 2.45) is 23.7 Å². The molecule has 7 atom stereocenters. The second kappa shape index (κ2) is 8.72. The first-order chi connectivity index (χ1) is 16.7. The molecule has 2 aromatic rings. The van der Waals surface area contributed by atoms with Crippen molar-refractivity contribution in [3.63, 3.8) is 0 Å². The number of carbonyl (C=O) groups excluding carboxylic acids is 3. The first kappa shape index (κ1) is 24.0. The molecule has 2 N–H and O–H groups in total. The number of esters is 2. The number of para-hydroxylation sites is 1. The SMILES string of the molecule is COC(=O)C(C(C)=O)[C@H]1OC(C)(O)[C@H](C(=O)OC)[C@H]2C[C@@H]3c4[nH]c5ccccc5c4CCN3C[C@H]21. The van der Waals surface area contributed by atoms with Crippen LogP contribution < -0.4 is 0 Å². The molecule has 2 unspecified atom stereocenters. The molecule has 0 spiro atoms. The molecule has 0 aliphatic carbocycles. The number of aromatic nitrogens is 1. The Balaban J connectivity index is 1.58. The molecule has 9 heteroatoms. The minimum atomic E-state index is -1.92. The van der Waals surface area contributed by atoms with Crippen LogP contribution in [0, 0.1) is 23.7 Å². The number of hydrogen-bond acceptors (Lipinski definition) is 8. The van der Waals surface area contributed by atoms with Crippen LogP contribution in [0.2, 0.25) is 0 Å². The van der Waals surface area contributed by atoms with Gasteiger partial charge in [-0.25, -0.2) is 0 Å². The number of aliphatic hydroxyl groups is 1. The second-order valence-electron chi connectivity index (χ2n) is 10.1. The molecule has 35 heavy (non-hydrogen) atoms. The van der Waals surface area contributed by atoms with Gasteiger partial charge in [0, 0.05) is 35.6 Å². The monoisotopic (exact) mass is 484 g/mol. The molecular formula is C26H32N2O7. The summed E-state index contributed by atoms with van der Waals surface area (Å²) in [4.78, 5) is 44.1. The van der Waals surface area contributed by atoms with Gasteiger partial charge < -0.3 is 24.3 Å². The highest BCUT2D eigenvalue weighted by atomic mass is 16.6. The smallest absolute Gasteiger partial charge is 0.318 e. The molecule has 4 heterocycles. The van der Waals surface area contributed by atoms with E-state index in [1.165, 1.54) is 39.0 Å². The highest BCUT2D eigenvalue weighted by molar-refractivity contribution is 5.98. The van der Waals surface area contributed by atoms with Gasteiger partial charge in [0.05, 0.1) is 26.4 Å². The van der Waals surface area contributed by atoms with E-state index in [4.69, 9.17) is 14.2 Å². The van der Waals surface area contributed by atoms with Crippen LogP contribution in [0.4, 0.5) is 0 Å². The predicted octanol–water partition coefficient (Wildman–Crippen LogP) is 1.98. The summed E-state index contributed by atoms with van der Waals surface area (Å²) < 4.78 is 16.0. The minimum Gasteiger partial charge on any atom is -0.469 e. The zero-order valence-corrected chi connectivity index (χ0v) is 20.4. The summed E-state index contributed by atoms with van der Waals surface area (Å²) in [5.74, 6) is -6.46. The van der Waals surface area contributed by atoms with Crippen molar-refractivity contribution in [3.8, 4) is 0 Å². The lowest BCUT2D eigenvalue weighted by Gasteiger charge is -2.56. The van der Waals surface area contributed by atoms with Crippen molar-refractivity contribution in [1.29, 1.82) is 0 Å². The highest BCUT2D eigenvalue weighted by Gasteiger charge is 2.61. The van der Waals surface area contributed by atoms with Gasteiger partial charge in [0.2, 0.25) is 0 Å². The fourth-order valence-corrected chi connectivity index (χ4v) is 6.75. The van der Waals surface area contributed by atoms with Crippen LogP contribution >= 0.6 is 0 Å². The Kier molecular flexibility index (Phi) is 5.97. The van der Waals surface area contributed by atoms with E-state index in [2.05, 4.69) is 22.0 Å². The minimum absolute atomic E-state index is 0.00279. The van der Waals surface area contributed by atoms with E-state index < -0.39 is 41.4 Å². The Morgan fingerprint density at radius 3 is 2.63 bits per heavy atom. The Bertz CT molecular complexity index is 1170. The maximum Gasteiger partial charge on any atom is 0.318 e. The highest BCUT2D eigenvalue weighted by Crippen LogP contribution is 2.52. The molecule has 188 valence electrons. The molecule has 9 nitrogen and oxygen atoms in total. The number of Topliss-reactive ketones (excluding diaryl/α,β-unsaturated/α-hetero) is 1. The number of piperidine rings is 1. The number of benzene rings is 1. The van der Waals surface area contributed by atoms with Crippen LogP contribution in [0.3, 0.4) is 0 Å². The molecule has 5 rings (SSSR count). The molecule has 2 saturated heterocycles. The number of methoxy groups -OCH3 is 2. The topological polar surface area (TPSA) is 118 Å². The lowest BCUT2D eigenvalue weighted by atomic mass is 9.64. The van der Waals surface area contributed by atoms with E-state index in [9.17, 15) is 19.5 Å². The number of aromatic amines is 1. The molecule has 1 aromatic carbocycles. The normalized spacial score (nSPS) is 33.2. The summed E-state index contributed by atoms with van der Waals surface area (Å²) in [6, 6.07) is 8.21. The van der Waals surface area contributed by atoms with Crippen molar-refractivity contribution in [1.82, 2.24) is 9.88 Å². The van der Waals surface area contributed by atoms with Gasteiger partial charge in [0.25, 0.3) is 0 Å². The van der Waals surface area contributed by atoms with Crippen LogP contribution in [0.1, 0.15) is 37.6 Å². The third kappa shape index (κ3) is 3.77. The Morgan fingerprint density at radius 2 is 1.94 bits per heavy atom. The summed E-state index contributed by atoms with van der Waals surface area (Å²) in [7, 11) is 2.52. The van der Waals surface area contributed by atoms with E-state index in [1.54, 1.807) is 0 Å². The number of nitrogens with zero attached hydrogens (tertiary/aromatic N) is 1. The van der Waals surface area contributed by atoms with Crippen LogP contribution in [0.25, 0.3) is 10.9 Å². The summed E-state index contributed by atoms with van der Waals surface area (Å²) >= 11 is 0. The number of ketones is 1. The van der Waals surface area contributed by atoms with Gasteiger partial charge in [-0.2, -0.15) is 0 Å². The lowest BCUT2D eigenvalue weighted by Crippen LogP contribution is -2.65. The molecule has 3 aliphatic heterocycles. The standard InChI is InChI=1S/C26H32N2O7/c1-13(29)20(24(30)33-3)23-17-12-28-10-9-15-14-7-5-6-8-18(14)27-22(15)19(28)11-16(17)21(25(31)34-4)26(2,32)35-23/h5-8,16-17,19-21,23,27,32H,9-12H2,1-4H3/t16-,17+,19+,20?,21-,23-,26?/m0/s1. The average Bonchev–Trinajstić information content (AvgIpc) is 3.21. The van der Waals surface area contributed by atoms with Gasteiger partial charge in [-0.3, -0.25) is 19.3 Å². The zero-order chi connectivity index (χ0) is 25.1. The molecule has 3 aliphatic rings. The van der Waals surface area contributed by atoms with Crippen LogP contribution in [-0.2, 0) is 35.0 Å². The summed E-state index contributed by atoms with van der Waals surface area (Å²) in [6.07, 6.45) is 0.488. The predicted molar refractivity (Wildman–Crippen MR) is 125 cm³/mol. The van der Waals surface area contributed by atoms with Gasteiger partial charge in [-0.05, 0) is 44.2 Å². The Morgan fingerprint density at radius 1 is 1.20 bits per heavy atom. The number of hydrogen-bond donors (Lipinski definition) is 2. The summed E-state index contributed by atoms with van der Waals surface area (Å²) in [5.41, 5.74) is 3.48. The zero-order valence-electron chi connectivity index (χ0n) is 20.4. The van der Waals surface area contributed by atoms with Gasteiger partial charge in [-0.15, -0.1) is 0 Å². The lowest BCUT2D eigenvalue weighted by molar-refractivity contribution is -0.314. The maximum absolute atomic E-state index is 12.9. The number of H-pyrrole nitrogens is 1. The van der Waals surface area contributed by atoms with Crippen LogP contribution in [-0.4, -0.2) is 71.9 Å². The van der Waals surface area contributed by atoms with Gasteiger partial charge in [0.15, 0.2) is 5.79 Å². The molecule has 0 amide bonds. The fourth-order valence-electron chi connectivity index (χ4n) is 6.75. The first-order valence-corrected chi connectivity index (χ1v) is 12.1. The second-order valence-corrected chi connectivity index (χ2v) is 10.1.